The monoisotopic (exact) mass is 420 g/mol. The van der Waals surface area contributed by atoms with Crippen LogP contribution in [0.5, 0.6) is 0 Å². The minimum absolute atomic E-state index is 0.133. The number of nitrogens with zero attached hydrogens (tertiary/aromatic N) is 1. The van der Waals surface area contributed by atoms with Crippen LogP contribution in [0.3, 0.4) is 0 Å². The first-order valence-corrected chi connectivity index (χ1v) is 9.86. The molecule has 4 nitrogen and oxygen atoms in total. The van der Waals surface area contributed by atoms with E-state index in [1.54, 1.807) is 18.1 Å². The minimum atomic E-state index is -0.133. The Labute approximate surface area is 176 Å². The fourth-order valence-corrected chi connectivity index (χ4v) is 3.15. The van der Waals surface area contributed by atoms with Crippen LogP contribution in [0.25, 0.3) is 5.57 Å². The lowest BCUT2D eigenvalue weighted by atomic mass is 9.92. The first kappa shape index (κ1) is 22.3. The van der Waals surface area contributed by atoms with Crippen LogP contribution in [0.1, 0.15) is 37.4 Å². The number of nitrogen functional groups attached to an aromatic ring is 1. The normalized spacial score (nSPS) is 16.3. The van der Waals surface area contributed by atoms with Crippen LogP contribution in [0.4, 0.5) is 5.69 Å². The Morgan fingerprint density at radius 3 is 2.32 bits per heavy atom. The summed E-state index contributed by atoms with van der Waals surface area (Å²) in [6.07, 6.45) is 4.08. The molecule has 28 heavy (non-hydrogen) atoms. The average Bonchev–Trinajstić information content (AvgIpc) is 2.70. The van der Waals surface area contributed by atoms with Crippen molar-refractivity contribution in [2.24, 2.45) is 0 Å². The number of ether oxygens (including phenoxy) is 1. The molecule has 1 amide bonds. The van der Waals surface area contributed by atoms with E-state index in [1.807, 2.05) is 50.2 Å². The third kappa shape index (κ3) is 5.99. The maximum atomic E-state index is 11.4. The van der Waals surface area contributed by atoms with Gasteiger partial charge in [-0.05, 0) is 61.7 Å². The van der Waals surface area contributed by atoms with Crippen LogP contribution in [0.15, 0.2) is 48.5 Å². The van der Waals surface area contributed by atoms with Crippen molar-refractivity contribution < 1.29 is 9.53 Å². The van der Waals surface area contributed by atoms with E-state index < -0.39 is 0 Å². The molecule has 1 heterocycles. The lowest BCUT2D eigenvalue weighted by Crippen LogP contribution is -2.30. The van der Waals surface area contributed by atoms with Gasteiger partial charge in [0.05, 0.1) is 12.1 Å². The Hall–Kier alpha value is -2.01. The molecule has 0 aliphatic carbocycles. The summed E-state index contributed by atoms with van der Waals surface area (Å²) in [6, 6.07) is 12.9. The van der Waals surface area contributed by atoms with E-state index in [0.29, 0.717) is 28.4 Å². The number of carbonyl (C=O) groups excluding carboxylic acids is 1. The summed E-state index contributed by atoms with van der Waals surface area (Å²) in [6.45, 7) is 4.63. The van der Waals surface area contributed by atoms with Gasteiger partial charge in [0.15, 0.2) is 0 Å². The summed E-state index contributed by atoms with van der Waals surface area (Å²) in [5.41, 5.74) is 9.83. The average molecular weight is 421 g/mol. The maximum Gasteiger partial charge on any atom is 0.210 e. The SMILES string of the molecule is COC(C)C.Nc1ccc(Cl)cc1C1=CC(c2ccc(Cl)cc2)N(C=O)CC1. The molecule has 1 unspecified atom stereocenters. The Balaban J connectivity index is 0.000000500. The summed E-state index contributed by atoms with van der Waals surface area (Å²) < 4.78 is 4.75. The van der Waals surface area contributed by atoms with Crippen molar-refractivity contribution in [3.05, 3.63) is 69.7 Å². The molecule has 1 aliphatic heterocycles. The standard InChI is InChI=1S/C18H16Cl2N2O.C4H10O/c19-14-3-1-12(2-4-14)18-9-13(7-8-22(18)11-23)16-10-15(20)5-6-17(16)21;1-4(2)5-3/h1-6,9-11,18H,7-8,21H2;4H,1-3H3. The second kappa shape index (κ2) is 10.5. The van der Waals surface area contributed by atoms with Gasteiger partial charge >= 0.3 is 0 Å². The zero-order valence-electron chi connectivity index (χ0n) is 16.4. The van der Waals surface area contributed by atoms with Gasteiger partial charge in [0.2, 0.25) is 6.41 Å². The first-order valence-electron chi connectivity index (χ1n) is 9.11. The Morgan fingerprint density at radius 2 is 1.75 bits per heavy atom. The van der Waals surface area contributed by atoms with Crippen molar-refractivity contribution in [1.29, 1.82) is 0 Å². The van der Waals surface area contributed by atoms with Crippen molar-refractivity contribution in [2.75, 3.05) is 19.4 Å². The van der Waals surface area contributed by atoms with E-state index in [9.17, 15) is 4.79 Å². The number of hydrogen-bond donors (Lipinski definition) is 1. The topological polar surface area (TPSA) is 55.6 Å². The minimum Gasteiger partial charge on any atom is -0.398 e. The third-order valence-electron chi connectivity index (χ3n) is 4.54. The highest BCUT2D eigenvalue weighted by atomic mass is 35.5. The van der Waals surface area contributed by atoms with Gasteiger partial charge in [-0.25, -0.2) is 0 Å². The molecule has 2 N–H and O–H groups in total. The molecule has 2 aromatic rings. The fourth-order valence-electron chi connectivity index (χ4n) is 2.86. The van der Waals surface area contributed by atoms with Gasteiger partial charge in [-0.3, -0.25) is 4.79 Å². The number of hydrogen-bond acceptors (Lipinski definition) is 3. The van der Waals surface area contributed by atoms with Crippen LogP contribution >= 0.6 is 23.2 Å². The second-order valence-corrected chi connectivity index (χ2v) is 7.67. The molecule has 6 heteroatoms. The zero-order valence-corrected chi connectivity index (χ0v) is 17.9. The molecule has 0 bridgehead atoms. The molecule has 0 saturated heterocycles. The highest BCUT2D eigenvalue weighted by Gasteiger charge is 2.23. The van der Waals surface area contributed by atoms with Crippen LogP contribution in [-0.4, -0.2) is 31.1 Å². The molecule has 0 saturated carbocycles. The maximum absolute atomic E-state index is 11.4. The predicted molar refractivity (Wildman–Crippen MR) is 118 cm³/mol. The van der Waals surface area contributed by atoms with Crippen molar-refractivity contribution in [3.63, 3.8) is 0 Å². The van der Waals surface area contributed by atoms with E-state index in [4.69, 9.17) is 33.7 Å². The molecule has 3 rings (SSSR count). The Bertz CT molecular complexity index is 820. The molecule has 0 radical (unpaired) electrons. The second-order valence-electron chi connectivity index (χ2n) is 6.80. The van der Waals surface area contributed by atoms with Gasteiger partial charge in [-0.1, -0.05) is 41.4 Å². The van der Waals surface area contributed by atoms with Gasteiger partial charge in [0.1, 0.15) is 0 Å². The molecule has 0 aromatic heterocycles. The van der Waals surface area contributed by atoms with E-state index in [1.165, 1.54) is 0 Å². The number of rotatable bonds is 4. The molecule has 1 aliphatic rings. The number of anilines is 1. The summed E-state index contributed by atoms with van der Waals surface area (Å²) in [5.74, 6) is 0. The van der Waals surface area contributed by atoms with Gasteiger partial charge in [-0.15, -0.1) is 0 Å². The van der Waals surface area contributed by atoms with Gasteiger partial charge in [0.25, 0.3) is 0 Å². The first-order chi connectivity index (χ1) is 13.3. The van der Waals surface area contributed by atoms with Crippen molar-refractivity contribution in [1.82, 2.24) is 4.90 Å². The Kier molecular flexibility index (Phi) is 8.36. The largest absolute Gasteiger partial charge is 0.398 e. The van der Waals surface area contributed by atoms with Gasteiger partial charge < -0.3 is 15.4 Å². The van der Waals surface area contributed by atoms with Crippen molar-refractivity contribution >= 4 is 40.9 Å². The highest BCUT2D eigenvalue weighted by molar-refractivity contribution is 6.31. The number of carbonyl (C=O) groups is 1. The van der Waals surface area contributed by atoms with Crippen LogP contribution in [0.2, 0.25) is 10.0 Å². The van der Waals surface area contributed by atoms with Crippen LogP contribution in [-0.2, 0) is 9.53 Å². The molecule has 0 fully saturated rings. The molecular weight excluding hydrogens is 395 g/mol. The molecule has 2 aromatic carbocycles. The lowest BCUT2D eigenvalue weighted by molar-refractivity contribution is -0.119. The molecule has 150 valence electrons. The molecule has 0 spiro atoms. The predicted octanol–water partition coefficient (Wildman–Crippen LogP) is 5.60. The van der Waals surface area contributed by atoms with E-state index in [-0.39, 0.29) is 6.04 Å². The number of nitrogens with two attached hydrogens (primary N) is 1. The highest BCUT2D eigenvalue weighted by Crippen LogP contribution is 2.36. The van der Waals surface area contributed by atoms with E-state index in [0.717, 1.165) is 29.5 Å². The lowest BCUT2D eigenvalue weighted by Gasteiger charge is -2.32. The third-order valence-corrected chi connectivity index (χ3v) is 5.02. The quantitative estimate of drug-likeness (QED) is 0.516. The number of methoxy groups -OCH3 is 1. The van der Waals surface area contributed by atoms with Gasteiger partial charge in [-0.2, -0.15) is 0 Å². The fraction of sp³-hybridized carbons (Fsp3) is 0.318. The summed E-state index contributed by atoms with van der Waals surface area (Å²) in [7, 11) is 1.70. The van der Waals surface area contributed by atoms with E-state index >= 15 is 0 Å². The van der Waals surface area contributed by atoms with Crippen molar-refractivity contribution in [2.45, 2.75) is 32.4 Å². The summed E-state index contributed by atoms with van der Waals surface area (Å²) >= 11 is 12.1. The number of halogens is 2. The summed E-state index contributed by atoms with van der Waals surface area (Å²) in [5, 5.41) is 1.32. The Morgan fingerprint density at radius 1 is 1.14 bits per heavy atom. The van der Waals surface area contributed by atoms with Gasteiger partial charge in [0, 0.05) is 35.0 Å². The van der Waals surface area contributed by atoms with Crippen LogP contribution < -0.4 is 5.73 Å². The van der Waals surface area contributed by atoms with Crippen molar-refractivity contribution in [3.8, 4) is 0 Å². The number of benzene rings is 2. The van der Waals surface area contributed by atoms with Crippen LogP contribution in [0, 0.1) is 0 Å². The zero-order chi connectivity index (χ0) is 20.7. The molecule has 1 atom stereocenters. The number of amides is 1. The molecular formula is C22H26Cl2N2O2. The van der Waals surface area contributed by atoms with E-state index in [2.05, 4.69) is 6.08 Å². The summed E-state index contributed by atoms with van der Waals surface area (Å²) in [4.78, 5) is 13.2. The smallest absolute Gasteiger partial charge is 0.210 e.